The summed E-state index contributed by atoms with van der Waals surface area (Å²) in [4.78, 5) is 10.3. The van der Waals surface area contributed by atoms with Gasteiger partial charge in [0.15, 0.2) is 11.6 Å². The lowest BCUT2D eigenvalue weighted by molar-refractivity contribution is 0.227. The van der Waals surface area contributed by atoms with Crippen LogP contribution in [-0.4, -0.2) is 38.8 Å². The quantitative estimate of drug-likeness (QED) is 0.298. The molecule has 1 atom stereocenters. The zero-order chi connectivity index (χ0) is 25.6. The number of hydrogen-bond donors (Lipinski definition) is 2. The highest BCUT2D eigenvalue weighted by Gasteiger charge is 2.41. The van der Waals surface area contributed by atoms with Gasteiger partial charge in [0.05, 0.1) is 21.1 Å². The van der Waals surface area contributed by atoms with Gasteiger partial charge in [-0.15, -0.1) is 0 Å². The van der Waals surface area contributed by atoms with E-state index in [-0.39, 0.29) is 5.54 Å². The van der Waals surface area contributed by atoms with E-state index in [0.717, 1.165) is 17.3 Å². The molecule has 1 aliphatic rings. The van der Waals surface area contributed by atoms with Gasteiger partial charge in [0.25, 0.3) is 0 Å². The lowest BCUT2D eigenvalue weighted by atomic mass is 9.83. The van der Waals surface area contributed by atoms with Crippen LogP contribution in [0.1, 0.15) is 38.9 Å². The van der Waals surface area contributed by atoms with Crippen LogP contribution < -0.4 is 15.4 Å². The highest BCUT2D eigenvalue weighted by Crippen LogP contribution is 2.36. The minimum Gasteiger partial charge on any atom is -0.486 e. The van der Waals surface area contributed by atoms with Crippen LogP contribution in [0.15, 0.2) is 42.9 Å². The van der Waals surface area contributed by atoms with E-state index in [0.29, 0.717) is 57.4 Å². The molecule has 0 unspecified atom stereocenters. The summed E-state index contributed by atoms with van der Waals surface area (Å²) >= 11 is 12.6. The van der Waals surface area contributed by atoms with Gasteiger partial charge in [-0.05, 0) is 43.5 Å². The third-order valence-electron chi connectivity index (χ3n) is 6.37. The minimum atomic E-state index is -0.416. The second-order valence-electron chi connectivity index (χ2n) is 9.90. The van der Waals surface area contributed by atoms with E-state index >= 15 is 4.39 Å². The number of aromatic amines is 1. The maximum Gasteiger partial charge on any atom is 0.166 e. The van der Waals surface area contributed by atoms with Gasteiger partial charge in [0.2, 0.25) is 0 Å². The van der Waals surface area contributed by atoms with Crippen molar-refractivity contribution in [1.82, 2.24) is 20.2 Å². The molecule has 0 spiro atoms. The summed E-state index contributed by atoms with van der Waals surface area (Å²) in [6.07, 6.45) is 5.18. The lowest BCUT2D eigenvalue weighted by Gasteiger charge is -2.49. The molecule has 1 fully saturated rings. The Morgan fingerprint density at radius 2 is 1.86 bits per heavy atom. The topological polar surface area (TPSA) is 93.0 Å². The Hall–Kier alpha value is -2.94. The summed E-state index contributed by atoms with van der Waals surface area (Å²) in [5.41, 5.74) is 8.72. The third kappa shape index (κ3) is 4.73. The van der Waals surface area contributed by atoms with Crippen molar-refractivity contribution in [1.29, 1.82) is 0 Å². The van der Waals surface area contributed by atoms with Crippen LogP contribution in [0.3, 0.4) is 0 Å². The fraction of sp³-hybridized carbons (Fsp3) is 0.346. The van der Waals surface area contributed by atoms with Gasteiger partial charge in [-0.25, -0.2) is 9.37 Å². The number of nitrogens with two attached hydrogens (primary N) is 1. The third-order valence-corrected chi connectivity index (χ3v) is 6.97. The molecule has 3 N–H and O–H groups in total. The van der Waals surface area contributed by atoms with Crippen molar-refractivity contribution in [3.8, 4) is 17.0 Å². The average Bonchev–Trinajstić information content (AvgIpc) is 3.20. The molecule has 0 radical (unpaired) electrons. The minimum absolute atomic E-state index is 0.294. The van der Waals surface area contributed by atoms with E-state index in [4.69, 9.17) is 33.7 Å². The first-order chi connectivity index (χ1) is 17.1. The first-order valence-electron chi connectivity index (χ1n) is 11.8. The van der Waals surface area contributed by atoms with E-state index in [2.05, 4.69) is 34.0 Å². The molecule has 3 aromatic heterocycles. The molecule has 4 heterocycles. The fourth-order valence-electron chi connectivity index (χ4n) is 4.96. The van der Waals surface area contributed by atoms with Crippen molar-refractivity contribution in [2.45, 2.75) is 38.8 Å². The van der Waals surface area contributed by atoms with Gasteiger partial charge in [-0.3, -0.25) is 10.1 Å². The van der Waals surface area contributed by atoms with E-state index in [1.165, 1.54) is 18.5 Å². The molecule has 0 aliphatic carbocycles. The summed E-state index contributed by atoms with van der Waals surface area (Å²) in [5.74, 6) is 0.989. The van der Waals surface area contributed by atoms with Gasteiger partial charge in [0, 0.05) is 48.2 Å². The summed E-state index contributed by atoms with van der Waals surface area (Å²) in [6, 6.07) is 7.00. The summed E-state index contributed by atoms with van der Waals surface area (Å²) in [6.45, 7) is 7.31. The molecule has 5 rings (SSSR count). The van der Waals surface area contributed by atoms with Crippen molar-refractivity contribution >= 4 is 39.9 Å². The molecule has 1 aromatic carbocycles. The first-order valence-corrected chi connectivity index (χ1v) is 12.5. The number of pyridine rings is 2. The number of hydrogen-bond acceptors (Lipinski definition) is 6. The van der Waals surface area contributed by atoms with Gasteiger partial charge in [0.1, 0.15) is 17.5 Å². The van der Waals surface area contributed by atoms with E-state index in [9.17, 15) is 0 Å². The number of H-pyrrole nitrogens is 1. The summed E-state index contributed by atoms with van der Waals surface area (Å²) < 4.78 is 21.2. The van der Waals surface area contributed by atoms with Gasteiger partial charge in [-0.1, -0.05) is 37.0 Å². The second-order valence-corrected chi connectivity index (χ2v) is 10.7. The van der Waals surface area contributed by atoms with Crippen LogP contribution in [0.4, 0.5) is 10.2 Å². The molecule has 7 nitrogen and oxygen atoms in total. The van der Waals surface area contributed by atoms with Crippen LogP contribution in [0.5, 0.6) is 5.75 Å². The second kappa shape index (κ2) is 9.50. The molecular weight excluding hydrogens is 502 g/mol. The Labute approximate surface area is 218 Å². The Morgan fingerprint density at radius 3 is 2.53 bits per heavy atom. The van der Waals surface area contributed by atoms with Crippen LogP contribution in [0.2, 0.25) is 10.0 Å². The predicted molar refractivity (Wildman–Crippen MR) is 141 cm³/mol. The van der Waals surface area contributed by atoms with Crippen molar-refractivity contribution in [3.63, 3.8) is 0 Å². The zero-order valence-corrected chi connectivity index (χ0v) is 21.7. The van der Waals surface area contributed by atoms with Crippen molar-refractivity contribution in [3.05, 3.63) is 64.3 Å². The van der Waals surface area contributed by atoms with Gasteiger partial charge in [-0.2, -0.15) is 5.10 Å². The van der Waals surface area contributed by atoms with E-state index in [1.807, 2.05) is 30.0 Å². The number of anilines is 1. The number of aromatic nitrogens is 4. The Kier molecular flexibility index (Phi) is 6.53. The number of rotatable bonds is 7. The highest BCUT2D eigenvalue weighted by atomic mass is 35.5. The zero-order valence-electron chi connectivity index (χ0n) is 20.2. The highest BCUT2D eigenvalue weighted by molar-refractivity contribution is 6.35. The maximum atomic E-state index is 15.1. The molecule has 1 saturated heterocycles. The SMILES string of the molecule is CC(C)CC1(N)CN(c2ncc(-c3n[nH]c4ccc(O[C@H](C)c5c(Cl)cncc5Cl)cc34)cc2F)C1. The Balaban J connectivity index is 1.38. The van der Waals surface area contributed by atoms with Crippen molar-refractivity contribution < 1.29 is 9.13 Å². The Bertz CT molecular complexity index is 1400. The molecule has 1 aliphatic heterocycles. The number of nitrogens with zero attached hydrogens (tertiary/aromatic N) is 4. The monoisotopic (exact) mass is 528 g/mol. The van der Waals surface area contributed by atoms with Crippen LogP contribution >= 0.6 is 23.2 Å². The molecule has 0 saturated carbocycles. The molecule has 188 valence electrons. The number of benzene rings is 1. The average molecular weight is 529 g/mol. The smallest absolute Gasteiger partial charge is 0.166 e. The van der Waals surface area contributed by atoms with Gasteiger partial charge >= 0.3 is 0 Å². The van der Waals surface area contributed by atoms with Crippen LogP contribution in [-0.2, 0) is 0 Å². The molecule has 0 amide bonds. The maximum absolute atomic E-state index is 15.1. The number of nitrogens with one attached hydrogen (secondary N) is 1. The summed E-state index contributed by atoms with van der Waals surface area (Å²) in [5, 5.41) is 9.04. The molecular formula is C26H27Cl2FN6O. The molecule has 36 heavy (non-hydrogen) atoms. The number of ether oxygens (including phenoxy) is 1. The normalized spacial score (nSPS) is 15.8. The Morgan fingerprint density at radius 1 is 1.14 bits per heavy atom. The largest absolute Gasteiger partial charge is 0.486 e. The predicted octanol–water partition coefficient (Wildman–Crippen LogP) is 6.17. The standard InChI is InChI=1S/C26H27Cl2FN6O/c1-14(2)8-26(30)12-35(13-26)25-21(29)6-16(9-32-25)24-18-7-17(4-5-22(18)33-34-24)36-15(3)23-19(27)10-31-11-20(23)28/h4-7,9-11,14-15H,8,12-13,30H2,1-3H3,(H,33,34)/t15-/m1/s1. The number of fused-ring (bicyclic) bond motifs is 1. The van der Waals surface area contributed by atoms with Gasteiger partial charge < -0.3 is 15.4 Å². The van der Waals surface area contributed by atoms with E-state index in [1.54, 1.807) is 6.20 Å². The lowest BCUT2D eigenvalue weighted by Crippen LogP contribution is -2.68. The van der Waals surface area contributed by atoms with Crippen molar-refractivity contribution in [2.75, 3.05) is 18.0 Å². The molecule has 4 aromatic rings. The van der Waals surface area contributed by atoms with Crippen LogP contribution in [0, 0.1) is 11.7 Å². The van der Waals surface area contributed by atoms with Crippen LogP contribution in [0.25, 0.3) is 22.2 Å². The molecule has 10 heteroatoms. The van der Waals surface area contributed by atoms with Crippen molar-refractivity contribution in [2.24, 2.45) is 11.7 Å². The fourth-order valence-corrected chi connectivity index (χ4v) is 5.63. The van der Waals surface area contributed by atoms with E-state index < -0.39 is 11.9 Å². The number of halogens is 3. The molecule has 0 bridgehead atoms. The first kappa shape index (κ1) is 24.7. The summed E-state index contributed by atoms with van der Waals surface area (Å²) in [7, 11) is 0.